The van der Waals surface area contributed by atoms with E-state index in [4.69, 9.17) is 11.6 Å². The van der Waals surface area contributed by atoms with Gasteiger partial charge in [-0.05, 0) is 20.8 Å². The van der Waals surface area contributed by atoms with Gasteiger partial charge in [0.05, 0.1) is 6.20 Å². The van der Waals surface area contributed by atoms with Crippen LogP contribution in [0.15, 0.2) is 11.2 Å². The number of nitrogens with zero attached hydrogens (tertiary/aromatic N) is 1. The lowest BCUT2D eigenvalue weighted by Crippen LogP contribution is -2.48. The molecule has 0 saturated carbocycles. The van der Waals surface area contributed by atoms with Crippen molar-refractivity contribution >= 4 is 21.6 Å². The average molecular weight is 280 g/mol. The lowest BCUT2D eigenvalue weighted by atomic mass is 10.0. The molecule has 2 N–H and O–H groups in total. The van der Waals surface area contributed by atoms with Crippen molar-refractivity contribution in [3.8, 4) is 0 Å². The summed E-state index contributed by atoms with van der Waals surface area (Å²) in [6.45, 7) is 7.11. The quantitative estimate of drug-likeness (QED) is 0.805. The SMILES string of the molecule is CCc1ncc(S(=O)(=O)NC(C)(C)C(C)Cl)[nH]1. The standard InChI is InChI=1S/C10H18ClN3O2S/c1-5-8-12-6-9(13-8)17(15,16)14-10(3,4)7(2)11/h6-7,14H,5H2,1-4H3,(H,12,13). The van der Waals surface area contributed by atoms with Crippen LogP contribution in [0, 0.1) is 0 Å². The molecule has 17 heavy (non-hydrogen) atoms. The van der Waals surface area contributed by atoms with Crippen molar-refractivity contribution in [1.82, 2.24) is 14.7 Å². The number of rotatable bonds is 5. The summed E-state index contributed by atoms with van der Waals surface area (Å²) in [5, 5.41) is -0.259. The number of H-pyrrole nitrogens is 1. The number of aromatic amines is 1. The highest BCUT2D eigenvalue weighted by molar-refractivity contribution is 7.89. The summed E-state index contributed by atoms with van der Waals surface area (Å²) in [5.74, 6) is 0.641. The first-order chi connectivity index (χ1) is 7.69. The minimum absolute atomic E-state index is 0.0692. The van der Waals surface area contributed by atoms with Gasteiger partial charge in [-0.2, -0.15) is 0 Å². The molecule has 7 heteroatoms. The molecule has 0 spiro atoms. The van der Waals surface area contributed by atoms with E-state index in [1.807, 2.05) is 6.92 Å². The fraction of sp³-hybridized carbons (Fsp3) is 0.700. The Bertz CT molecular complexity index is 479. The first kappa shape index (κ1) is 14.5. The van der Waals surface area contributed by atoms with Gasteiger partial charge in [-0.15, -0.1) is 11.6 Å². The molecular formula is C10H18ClN3O2S. The molecule has 1 unspecified atom stereocenters. The average Bonchev–Trinajstić information content (AvgIpc) is 2.64. The van der Waals surface area contributed by atoms with Crippen LogP contribution < -0.4 is 4.72 Å². The van der Waals surface area contributed by atoms with E-state index in [-0.39, 0.29) is 10.4 Å². The van der Waals surface area contributed by atoms with Crippen LogP contribution in [0.3, 0.4) is 0 Å². The zero-order valence-corrected chi connectivity index (χ0v) is 12.0. The van der Waals surface area contributed by atoms with E-state index >= 15 is 0 Å². The van der Waals surface area contributed by atoms with Crippen molar-refractivity contribution in [1.29, 1.82) is 0 Å². The molecule has 5 nitrogen and oxygen atoms in total. The summed E-state index contributed by atoms with van der Waals surface area (Å²) < 4.78 is 26.6. The van der Waals surface area contributed by atoms with Gasteiger partial charge in [0.2, 0.25) is 0 Å². The molecule has 0 aliphatic rings. The van der Waals surface area contributed by atoms with Crippen LogP contribution in [0.5, 0.6) is 0 Å². The molecule has 1 heterocycles. The van der Waals surface area contributed by atoms with E-state index < -0.39 is 15.6 Å². The molecule has 98 valence electrons. The van der Waals surface area contributed by atoms with Crippen LogP contribution in [-0.2, 0) is 16.4 Å². The topological polar surface area (TPSA) is 74.8 Å². The van der Waals surface area contributed by atoms with Crippen molar-refractivity contribution in [2.45, 2.75) is 50.1 Å². The third-order valence-electron chi connectivity index (χ3n) is 2.62. The van der Waals surface area contributed by atoms with Crippen LogP contribution in [-0.4, -0.2) is 29.3 Å². The molecule has 0 amide bonds. The molecule has 1 aromatic heterocycles. The molecule has 1 rings (SSSR count). The van der Waals surface area contributed by atoms with Gasteiger partial charge in [0, 0.05) is 17.3 Å². The van der Waals surface area contributed by atoms with Crippen LogP contribution in [0.1, 0.15) is 33.5 Å². The van der Waals surface area contributed by atoms with Gasteiger partial charge in [-0.25, -0.2) is 18.1 Å². The Morgan fingerprint density at radius 2 is 2.18 bits per heavy atom. The molecule has 0 bridgehead atoms. The fourth-order valence-corrected chi connectivity index (χ4v) is 2.68. The molecule has 1 aromatic rings. The van der Waals surface area contributed by atoms with Gasteiger partial charge >= 0.3 is 0 Å². The summed E-state index contributed by atoms with van der Waals surface area (Å²) >= 11 is 5.94. The predicted molar refractivity (Wildman–Crippen MR) is 67.7 cm³/mol. The monoisotopic (exact) mass is 279 g/mol. The van der Waals surface area contributed by atoms with E-state index in [1.165, 1.54) is 6.20 Å². The second-order valence-corrected chi connectivity index (χ2v) is 6.80. The van der Waals surface area contributed by atoms with Crippen molar-refractivity contribution in [3.63, 3.8) is 0 Å². The van der Waals surface area contributed by atoms with Gasteiger partial charge in [-0.3, -0.25) is 0 Å². The van der Waals surface area contributed by atoms with Crippen molar-refractivity contribution in [2.24, 2.45) is 0 Å². The first-order valence-corrected chi connectivity index (χ1v) is 7.33. The van der Waals surface area contributed by atoms with Crippen molar-refractivity contribution in [3.05, 3.63) is 12.0 Å². The Morgan fingerprint density at radius 1 is 1.59 bits per heavy atom. The van der Waals surface area contributed by atoms with E-state index in [0.717, 1.165) is 0 Å². The van der Waals surface area contributed by atoms with Gasteiger partial charge in [0.1, 0.15) is 5.82 Å². The number of imidazole rings is 1. The Hall–Kier alpha value is -0.590. The number of alkyl halides is 1. The Morgan fingerprint density at radius 3 is 2.59 bits per heavy atom. The third kappa shape index (κ3) is 3.43. The highest BCUT2D eigenvalue weighted by atomic mass is 35.5. The van der Waals surface area contributed by atoms with E-state index in [9.17, 15) is 8.42 Å². The normalized spacial score (nSPS) is 14.9. The molecule has 0 radical (unpaired) electrons. The summed E-state index contributed by atoms with van der Waals surface area (Å²) in [5.41, 5.74) is -0.724. The maximum Gasteiger partial charge on any atom is 0.258 e. The zero-order chi connectivity index (χ0) is 13.3. The molecule has 0 aliphatic heterocycles. The minimum atomic E-state index is -3.60. The lowest BCUT2D eigenvalue weighted by molar-refractivity contribution is 0.444. The third-order valence-corrected chi connectivity index (χ3v) is 4.75. The van der Waals surface area contributed by atoms with Gasteiger partial charge in [0.25, 0.3) is 10.0 Å². The van der Waals surface area contributed by atoms with Crippen LogP contribution >= 0.6 is 11.6 Å². The summed E-state index contributed by atoms with van der Waals surface area (Å²) in [6, 6.07) is 0. The molecule has 1 atom stereocenters. The minimum Gasteiger partial charge on any atom is -0.332 e. The second-order valence-electron chi connectivity index (χ2n) is 4.49. The van der Waals surface area contributed by atoms with E-state index in [1.54, 1.807) is 20.8 Å². The number of hydrogen-bond donors (Lipinski definition) is 2. The fourth-order valence-electron chi connectivity index (χ4n) is 1.14. The largest absolute Gasteiger partial charge is 0.332 e. The molecule has 0 aliphatic carbocycles. The van der Waals surface area contributed by atoms with Crippen molar-refractivity contribution < 1.29 is 8.42 Å². The highest BCUT2D eigenvalue weighted by Crippen LogP contribution is 2.18. The number of halogens is 1. The van der Waals surface area contributed by atoms with Crippen LogP contribution in [0.25, 0.3) is 0 Å². The highest BCUT2D eigenvalue weighted by Gasteiger charge is 2.31. The van der Waals surface area contributed by atoms with Crippen LogP contribution in [0.4, 0.5) is 0 Å². The number of aromatic nitrogens is 2. The smallest absolute Gasteiger partial charge is 0.258 e. The second kappa shape index (κ2) is 4.96. The molecule has 0 fully saturated rings. The van der Waals surface area contributed by atoms with E-state index in [0.29, 0.717) is 12.2 Å². The Kier molecular flexibility index (Phi) is 4.22. The number of sulfonamides is 1. The summed E-state index contributed by atoms with van der Waals surface area (Å²) in [4.78, 5) is 6.73. The Labute approximate surface area is 107 Å². The maximum absolute atomic E-state index is 12.0. The molecule has 0 saturated heterocycles. The molecular weight excluding hydrogens is 262 g/mol. The van der Waals surface area contributed by atoms with Gasteiger partial charge in [-0.1, -0.05) is 6.92 Å². The summed E-state index contributed by atoms with van der Waals surface area (Å²) in [7, 11) is -3.60. The van der Waals surface area contributed by atoms with Gasteiger partial charge in [0.15, 0.2) is 5.03 Å². The van der Waals surface area contributed by atoms with Gasteiger partial charge < -0.3 is 4.98 Å². The lowest BCUT2D eigenvalue weighted by Gasteiger charge is -2.28. The first-order valence-electron chi connectivity index (χ1n) is 5.41. The summed E-state index contributed by atoms with van der Waals surface area (Å²) in [6.07, 6.45) is 1.97. The van der Waals surface area contributed by atoms with Crippen LogP contribution in [0.2, 0.25) is 0 Å². The number of hydrogen-bond acceptors (Lipinski definition) is 3. The number of aryl methyl sites for hydroxylation is 1. The molecule has 0 aromatic carbocycles. The zero-order valence-electron chi connectivity index (χ0n) is 10.4. The maximum atomic E-state index is 12.0. The Balaban J connectivity index is 2.97. The van der Waals surface area contributed by atoms with Crippen molar-refractivity contribution in [2.75, 3.05) is 0 Å². The van der Waals surface area contributed by atoms with E-state index in [2.05, 4.69) is 14.7 Å². The number of nitrogens with one attached hydrogen (secondary N) is 2. The predicted octanol–water partition coefficient (Wildman–Crippen LogP) is 1.66.